The minimum Gasteiger partial charge on any atom is -0.380 e. The van der Waals surface area contributed by atoms with Crippen LogP contribution in [0.1, 0.15) is 17.2 Å². The molecule has 0 aliphatic heterocycles. The Morgan fingerprint density at radius 1 is 1.25 bits per heavy atom. The van der Waals surface area contributed by atoms with Gasteiger partial charge in [0.25, 0.3) is 0 Å². The van der Waals surface area contributed by atoms with Gasteiger partial charge in [0.15, 0.2) is 0 Å². The molecule has 4 heteroatoms. The SMILES string of the molecule is COCc1cccc(C(C#N)Nc2ccc(Br)cc2)c1. The Balaban J connectivity index is 2.17. The van der Waals surface area contributed by atoms with Crippen LogP contribution in [0.2, 0.25) is 0 Å². The average molecular weight is 331 g/mol. The molecule has 0 fully saturated rings. The van der Waals surface area contributed by atoms with Crippen LogP contribution < -0.4 is 5.32 Å². The Labute approximate surface area is 127 Å². The molecule has 0 aromatic heterocycles. The normalized spacial score (nSPS) is 11.7. The molecule has 0 aliphatic rings. The molecule has 0 heterocycles. The Bertz CT molecular complexity index is 605. The van der Waals surface area contributed by atoms with E-state index >= 15 is 0 Å². The van der Waals surface area contributed by atoms with Crippen LogP contribution in [0.5, 0.6) is 0 Å². The quantitative estimate of drug-likeness (QED) is 0.890. The van der Waals surface area contributed by atoms with Crippen molar-refractivity contribution >= 4 is 21.6 Å². The van der Waals surface area contributed by atoms with Crippen molar-refractivity contribution in [2.24, 2.45) is 0 Å². The molecule has 0 amide bonds. The van der Waals surface area contributed by atoms with E-state index in [0.717, 1.165) is 21.3 Å². The van der Waals surface area contributed by atoms with Crippen molar-refractivity contribution in [1.82, 2.24) is 0 Å². The summed E-state index contributed by atoms with van der Waals surface area (Å²) in [6.07, 6.45) is 0. The van der Waals surface area contributed by atoms with Crippen molar-refractivity contribution in [3.63, 3.8) is 0 Å². The van der Waals surface area contributed by atoms with E-state index < -0.39 is 0 Å². The maximum atomic E-state index is 9.36. The van der Waals surface area contributed by atoms with Crippen LogP contribution in [0, 0.1) is 11.3 Å². The molecule has 1 unspecified atom stereocenters. The predicted octanol–water partition coefficient (Wildman–Crippen LogP) is 4.27. The van der Waals surface area contributed by atoms with Crippen molar-refractivity contribution < 1.29 is 4.74 Å². The molecule has 0 saturated carbocycles. The van der Waals surface area contributed by atoms with Gasteiger partial charge in [-0.25, -0.2) is 0 Å². The van der Waals surface area contributed by atoms with Gasteiger partial charge < -0.3 is 10.1 Å². The van der Waals surface area contributed by atoms with Gasteiger partial charge in [-0.05, 0) is 35.4 Å². The van der Waals surface area contributed by atoms with Crippen LogP contribution >= 0.6 is 15.9 Å². The summed E-state index contributed by atoms with van der Waals surface area (Å²) in [5, 5.41) is 12.6. The summed E-state index contributed by atoms with van der Waals surface area (Å²) in [5.74, 6) is 0. The average Bonchev–Trinajstić information content (AvgIpc) is 2.47. The number of methoxy groups -OCH3 is 1. The summed E-state index contributed by atoms with van der Waals surface area (Å²) in [6.45, 7) is 0.546. The van der Waals surface area contributed by atoms with E-state index in [-0.39, 0.29) is 6.04 Å². The zero-order chi connectivity index (χ0) is 14.4. The second kappa shape index (κ2) is 7.09. The van der Waals surface area contributed by atoms with Crippen molar-refractivity contribution in [2.45, 2.75) is 12.6 Å². The van der Waals surface area contributed by atoms with E-state index in [1.54, 1.807) is 7.11 Å². The van der Waals surface area contributed by atoms with Gasteiger partial charge in [0.05, 0.1) is 12.7 Å². The van der Waals surface area contributed by atoms with Crippen LogP contribution in [0.15, 0.2) is 53.0 Å². The number of ether oxygens (including phenoxy) is 1. The maximum Gasteiger partial charge on any atom is 0.140 e. The third-order valence-corrected chi connectivity index (χ3v) is 3.41. The molecule has 0 bridgehead atoms. The fourth-order valence-corrected chi connectivity index (χ4v) is 2.20. The lowest BCUT2D eigenvalue weighted by molar-refractivity contribution is 0.185. The van der Waals surface area contributed by atoms with Gasteiger partial charge in [-0.2, -0.15) is 5.26 Å². The minimum absolute atomic E-state index is 0.381. The van der Waals surface area contributed by atoms with Gasteiger partial charge in [-0.1, -0.05) is 40.2 Å². The van der Waals surface area contributed by atoms with Crippen LogP contribution in [0.4, 0.5) is 5.69 Å². The van der Waals surface area contributed by atoms with Gasteiger partial charge in [-0.15, -0.1) is 0 Å². The number of rotatable bonds is 5. The number of nitrogens with zero attached hydrogens (tertiary/aromatic N) is 1. The molecule has 2 aromatic rings. The molecular weight excluding hydrogens is 316 g/mol. The van der Waals surface area contributed by atoms with Gasteiger partial charge in [0, 0.05) is 17.3 Å². The molecule has 0 radical (unpaired) electrons. The predicted molar refractivity (Wildman–Crippen MR) is 83.3 cm³/mol. The monoisotopic (exact) mass is 330 g/mol. The highest BCUT2D eigenvalue weighted by Gasteiger charge is 2.10. The summed E-state index contributed by atoms with van der Waals surface area (Å²) in [5.41, 5.74) is 2.91. The summed E-state index contributed by atoms with van der Waals surface area (Å²) in [6, 6.07) is 17.5. The second-order valence-electron chi connectivity index (χ2n) is 4.39. The Morgan fingerprint density at radius 2 is 2.00 bits per heavy atom. The Hall–Kier alpha value is -1.83. The Morgan fingerprint density at radius 3 is 2.65 bits per heavy atom. The van der Waals surface area contributed by atoms with Crippen LogP contribution in [-0.2, 0) is 11.3 Å². The smallest absolute Gasteiger partial charge is 0.140 e. The fourth-order valence-electron chi connectivity index (χ4n) is 1.93. The number of hydrogen-bond acceptors (Lipinski definition) is 3. The number of anilines is 1. The third-order valence-electron chi connectivity index (χ3n) is 2.88. The largest absolute Gasteiger partial charge is 0.380 e. The lowest BCUT2D eigenvalue weighted by Gasteiger charge is -2.14. The Kier molecular flexibility index (Phi) is 5.16. The molecule has 0 saturated heterocycles. The summed E-state index contributed by atoms with van der Waals surface area (Å²) >= 11 is 3.39. The van der Waals surface area contributed by atoms with Crippen molar-refractivity contribution in [3.8, 4) is 6.07 Å². The van der Waals surface area contributed by atoms with Crippen LogP contribution in [-0.4, -0.2) is 7.11 Å². The number of nitriles is 1. The van der Waals surface area contributed by atoms with E-state index in [1.165, 1.54) is 0 Å². The highest BCUT2D eigenvalue weighted by molar-refractivity contribution is 9.10. The maximum absolute atomic E-state index is 9.36. The molecule has 2 rings (SSSR count). The third kappa shape index (κ3) is 3.83. The summed E-state index contributed by atoms with van der Waals surface area (Å²) in [4.78, 5) is 0. The van der Waals surface area contributed by atoms with Crippen molar-refractivity contribution in [2.75, 3.05) is 12.4 Å². The first-order valence-corrected chi connectivity index (χ1v) is 7.01. The van der Waals surface area contributed by atoms with Gasteiger partial charge in [0.2, 0.25) is 0 Å². The van der Waals surface area contributed by atoms with Crippen molar-refractivity contribution in [1.29, 1.82) is 5.26 Å². The lowest BCUT2D eigenvalue weighted by Crippen LogP contribution is -2.08. The molecule has 2 aromatic carbocycles. The van der Waals surface area contributed by atoms with E-state index in [9.17, 15) is 5.26 Å². The number of benzene rings is 2. The van der Waals surface area contributed by atoms with Gasteiger partial charge in [0.1, 0.15) is 6.04 Å². The minimum atomic E-state index is -0.381. The standard InChI is InChI=1S/C16H15BrN2O/c1-20-11-12-3-2-4-13(9-12)16(10-18)19-15-7-5-14(17)6-8-15/h2-9,16,19H,11H2,1H3. The topological polar surface area (TPSA) is 45.0 Å². The molecule has 1 N–H and O–H groups in total. The number of hydrogen-bond donors (Lipinski definition) is 1. The first-order valence-electron chi connectivity index (χ1n) is 6.22. The summed E-state index contributed by atoms with van der Waals surface area (Å²) < 4.78 is 6.13. The van der Waals surface area contributed by atoms with E-state index in [4.69, 9.17) is 4.74 Å². The first-order chi connectivity index (χ1) is 9.72. The van der Waals surface area contributed by atoms with Gasteiger partial charge in [-0.3, -0.25) is 0 Å². The molecule has 3 nitrogen and oxygen atoms in total. The van der Waals surface area contributed by atoms with Gasteiger partial charge >= 0.3 is 0 Å². The molecular formula is C16H15BrN2O. The molecule has 1 atom stereocenters. The van der Waals surface area contributed by atoms with E-state index in [0.29, 0.717) is 6.61 Å². The van der Waals surface area contributed by atoms with E-state index in [2.05, 4.69) is 27.3 Å². The highest BCUT2D eigenvalue weighted by Crippen LogP contribution is 2.22. The summed E-state index contributed by atoms with van der Waals surface area (Å²) in [7, 11) is 1.66. The zero-order valence-corrected chi connectivity index (χ0v) is 12.7. The first kappa shape index (κ1) is 14.6. The second-order valence-corrected chi connectivity index (χ2v) is 5.31. The number of halogens is 1. The zero-order valence-electron chi connectivity index (χ0n) is 11.1. The highest BCUT2D eigenvalue weighted by atomic mass is 79.9. The molecule has 102 valence electrons. The lowest BCUT2D eigenvalue weighted by atomic mass is 10.0. The van der Waals surface area contributed by atoms with Crippen molar-refractivity contribution in [3.05, 3.63) is 64.1 Å². The van der Waals surface area contributed by atoms with Crippen LogP contribution in [0.25, 0.3) is 0 Å². The molecule has 0 spiro atoms. The van der Waals surface area contributed by atoms with Crippen LogP contribution in [0.3, 0.4) is 0 Å². The molecule has 20 heavy (non-hydrogen) atoms. The number of nitrogens with one attached hydrogen (secondary N) is 1. The molecule has 0 aliphatic carbocycles. The van der Waals surface area contributed by atoms with E-state index in [1.807, 2.05) is 48.5 Å². The fraction of sp³-hybridized carbons (Fsp3) is 0.188.